The van der Waals surface area contributed by atoms with Crippen molar-refractivity contribution < 1.29 is 0 Å². The number of aromatic nitrogens is 1. The van der Waals surface area contributed by atoms with Crippen LogP contribution in [-0.2, 0) is 0 Å². The molecular weight excluding hydrogens is 210 g/mol. The van der Waals surface area contributed by atoms with E-state index in [9.17, 15) is 0 Å². The normalized spacial score (nSPS) is 27.7. The first kappa shape index (κ1) is 11.9. The molecule has 3 atom stereocenters. The van der Waals surface area contributed by atoms with Gasteiger partial charge in [0.2, 0.25) is 0 Å². The third-order valence-corrected chi connectivity index (χ3v) is 4.03. The molecule has 1 saturated carbocycles. The summed E-state index contributed by atoms with van der Waals surface area (Å²) in [6, 6.07) is 4.45. The SMILES string of the molecule is CCC1CCC(Nc2cnccc2C#N)C1C. The van der Waals surface area contributed by atoms with E-state index in [4.69, 9.17) is 5.26 Å². The Labute approximate surface area is 103 Å². The highest BCUT2D eigenvalue weighted by molar-refractivity contribution is 5.56. The van der Waals surface area contributed by atoms with Gasteiger partial charge in [0, 0.05) is 12.2 Å². The second kappa shape index (κ2) is 5.18. The highest BCUT2D eigenvalue weighted by Gasteiger charge is 2.31. The van der Waals surface area contributed by atoms with E-state index in [1.807, 2.05) is 0 Å². The molecule has 0 radical (unpaired) electrons. The second-order valence-electron chi connectivity index (χ2n) is 4.89. The molecule has 0 aliphatic heterocycles. The molecule has 1 aliphatic rings. The number of nitrogens with zero attached hydrogens (tertiary/aromatic N) is 2. The Balaban J connectivity index is 2.09. The molecule has 0 spiro atoms. The van der Waals surface area contributed by atoms with Gasteiger partial charge in [-0.1, -0.05) is 20.3 Å². The van der Waals surface area contributed by atoms with Crippen molar-refractivity contribution in [2.45, 2.75) is 39.2 Å². The van der Waals surface area contributed by atoms with Gasteiger partial charge < -0.3 is 5.32 Å². The van der Waals surface area contributed by atoms with Gasteiger partial charge in [0.25, 0.3) is 0 Å². The van der Waals surface area contributed by atoms with E-state index in [2.05, 4.69) is 30.2 Å². The first-order valence-corrected chi connectivity index (χ1v) is 6.37. The number of hydrogen-bond donors (Lipinski definition) is 1. The maximum Gasteiger partial charge on any atom is 0.101 e. The second-order valence-corrected chi connectivity index (χ2v) is 4.89. The highest BCUT2D eigenvalue weighted by atomic mass is 14.9. The predicted molar refractivity (Wildman–Crippen MR) is 68.5 cm³/mol. The van der Waals surface area contributed by atoms with Crippen LogP contribution in [0.25, 0.3) is 0 Å². The van der Waals surface area contributed by atoms with Crippen LogP contribution in [0.5, 0.6) is 0 Å². The van der Waals surface area contributed by atoms with E-state index in [1.54, 1.807) is 18.5 Å². The van der Waals surface area contributed by atoms with Crippen LogP contribution in [0.3, 0.4) is 0 Å². The van der Waals surface area contributed by atoms with Crippen molar-refractivity contribution in [3.63, 3.8) is 0 Å². The fourth-order valence-electron chi connectivity index (χ4n) is 2.83. The van der Waals surface area contributed by atoms with Crippen molar-refractivity contribution in [3.05, 3.63) is 24.0 Å². The van der Waals surface area contributed by atoms with E-state index >= 15 is 0 Å². The molecule has 1 aromatic heterocycles. The summed E-state index contributed by atoms with van der Waals surface area (Å²) in [5, 5.41) is 12.5. The summed E-state index contributed by atoms with van der Waals surface area (Å²) in [5.41, 5.74) is 1.57. The largest absolute Gasteiger partial charge is 0.380 e. The monoisotopic (exact) mass is 229 g/mol. The minimum absolute atomic E-state index is 0.483. The quantitative estimate of drug-likeness (QED) is 0.866. The van der Waals surface area contributed by atoms with Crippen molar-refractivity contribution in [1.82, 2.24) is 4.98 Å². The maximum absolute atomic E-state index is 9.04. The first-order chi connectivity index (χ1) is 8.26. The Bertz CT molecular complexity index is 422. The predicted octanol–water partition coefficient (Wildman–Crippen LogP) is 3.19. The van der Waals surface area contributed by atoms with Crippen molar-refractivity contribution in [2.75, 3.05) is 5.32 Å². The molecule has 1 aliphatic carbocycles. The van der Waals surface area contributed by atoms with Crippen molar-refractivity contribution in [3.8, 4) is 6.07 Å². The summed E-state index contributed by atoms with van der Waals surface area (Å²) in [6.07, 6.45) is 7.15. The molecule has 90 valence electrons. The molecule has 0 saturated heterocycles. The van der Waals surface area contributed by atoms with Crippen LogP contribution in [0.4, 0.5) is 5.69 Å². The van der Waals surface area contributed by atoms with E-state index in [-0.39, 0.29) is 0 Å². The average molecular weight is 229 g/mol. The van der Waals surface area contributed by atoms with Crippen molar-refractivity contribution >= 4 is 5.69 Å². The molecule has 3 unspecified atom stereocenters. The van der Waals surface area contributed by atoms with E-state index < -0.39 is 0 Å². The van der Waals surface area contributed by atoms with Gasteiger partial charge in [-0.05, 0) is 30.7 Å². The standard InChI is InChI=1S/C14H19N3/c1-3-11-4-5-13(10(11)2)17-14-9-16-7-6-12(14)8-15/h6-7,9-11,13,17H,3-5H2,1-2H3. The lowest BCUT2D eigenvalue weighted by Gasteiger charge is -2.22. The fraction of sp³-hybridized carbons (Fsp3) is 0.571. The number of hydrogen-bond acceptors (Lipinski definition) is 3. The van der Waals surface area contributed by atoms with Gasteiger partial charge in [-0.3, -0.25) is 4.98 Å². The summed E-state index contributed by atoms with van der Waals surface area (Å²) in [7, 11) is 0. The Morgan fingerprint density at radius 1 is 1.53 bits per heavy atom. The Morgan fingerprint density at radius 3 is 3.00 bits per heavy atom. The van der Waals surface area contributed by atoms with Gasteiger partial charge in [0.1, 0.15) is 6.07 Å². The molecule has 3 nitrogen and oxygen atoms in total. The van der Waals surface area contributed by atoms with E-state index in [0.29, 0.717) is 17.5 Å². The highest BCUT2D eigenvalue weighted by Crippen LogP contribution is 2.35. The van der Waals surface area contributed by atoms with Crippen LogP contribution in [0.2, 0.25) is 0 Å². The van der Waals surface area contributed by atoms with E-state index in [0.717, 1.165) is 11.6 Å². The molecule has 1 fully saturated rings. The third-order valence-electron chi connectivity index (χ3n) is 4.03. The number of nitrogens with one attached hydrogen (secondary N) is 1. The zero-order valence-corrected chi connectivity index (χ0v) is 10.5. The smallest absolute Gasteiger partial charge is 0.101 e. The van der Waals surface area contributed by atoms with Crippen LogP contribution in [0.15, 0.2) is 18.5 Å². The van der Waals surface area contributed by atoms with Crippen LogP contribution < -0.4 is 5.32 Å². The molecule has 17 heavy (non-hydrogen) atoms. The molecule has 0 amide bonds. The fourth-order valence-corrected chi connectivity index (χ4v) is 2.83. The number of rotatable bonds is 3. The summed E-state index contributed by atoms with van der Waals surface area (Å²) in [5.74, 6) is 1.49. The molecule has 2 rings (SSSR count). The minimum Gasteiger partial charge on any atom is -0.380 e. The molecule has 3 heteroatoms. The van der Waals surface area contributed by atoms with E-state index in [1.165, 1.54) is 19.3 Å². The van der Waals surface area contributed by atoms with Crippen molar-refractivity contribution in [2.24, 2.45) is 11.8 Å². The van der Waals surface area contributed by atoms with Gasteiger partial charge in [0.15, 0.2) is 0 Å². The van der Waals surface area contributed by atoms with Gasteiger partial charge >= 0.3 is 0 Å². The lowest BCUT2D eigenvalue weighted by atomic mass is 9.93. The summed E-state index contributed by atoms with van der Waals surface area (Å²) in [6.45, 7) is 4.57. The number of anilines is 1. The summed E-state index contributed by atoms with van der Waals surface area (Å²) >= 11 is 0. The topological polar surface area (TPSA) is 48.7 Å². The summed E-state index contributed by atoms with van der Waals surface area (Å²) < 4.78 is 0. The maximum atomic E-state index is 9.04. The molecule has 1 aromatic rings. The molecule has 0 bridgehead atoms. The van der Waals surface area contributed by atoms with Crippen LogP contribution in [0.1, 0.15) is 38.7 Å². The molecule has 0 aromatic carbocycles. The van der Waals surface area contributed by atoms with Crippen LogP contribution >= 0.6 is 0 Å². The minimum atomic E-state index is 0.483. The van der Waals surface area contributed by atoms with Gasteiger partial charge in [-0.2, -0.15) is 5.26 Å². The number of pyridine rings is 1. The van der Waals surface area contributed by atoms with Gasteiger partial charge in [-0.15, -0.1) is 0 Å². The van der Waals surface area contributed by atoms with Crippen LogP contribution in [0, 0.1) is 23.2 Å². The Hall–Kier alpha value is -1.56. The molecular formula is C14H19N3. The summed E-state index contributed by atoms with van der Waals surface area (Å²) in [4.78, 5) is 4.09. The zero-order chi connectivity index (χ0) is 12.3. The van der Waals surface area contributed by atoms with Gasteiger partial charge in [0.05, 0.1) is 17.4 Å². The lowest BCUT2D eigenvalue weighted by Crippen LogP contribution is -2.25. The Kier molecular flexibility index (Phi) is 3.63. The number of nitriles is 1. The lowest BCUT2D eigenvalue weighted by molar-refractivity contribution is 0.392. The Morgan fingerprint density at radius 2 is 2.35 bits per heavy atom. The van der Waals surface area contributed by atoms with Gasteiger partial charge in [-0.25, -0.2) is 0 Å². The van der Waals surface area contributed by atoms with Crippen LogP contribution in [-0.4, -0.2) is 11.0 Å². The first-order valence-electron chi connectivity index (χ1n) is 6.37. The zero-order valence-electron chi connectivity index (χ0n) is 10.5. The molecule has 1 heterocycles. The average Bonchev–Trinajstić information content (AvgIpc) is 2.71. The molecule has 1 N–H and O–H groups in total. The third kappa shape index (κ3) is 2.41. The van der Waals surface area contributed by atoms with Crippen molar-refractivity contribution in [1.29, 1.82) is 5.26 Å².